The first kappa shape index (κ1) is 18.8. The van der Waals surface area contributed by atoms with E-state index in [2.05, 4.69) is 5.32 Å². The first-order chi connectivity index (χ1) is 13.1. The van der Waals surface area contributed by atoms with E-state index in [4.69, 9.17) is 9.47 Å². The molecule has 0 unspecified atom stereocenters. The van der Waals surface area contributed by atoms with E-state index in [-0.39, 0.29) is 11.8 Å². The molecule has 0 fully saturated rings. The number of nitrogens with one attached hydrogen (secondary N) is 1. The van der Waals surface area contributed by atoms with Crippen LogP contribution in [0.2, 0.25) is 0 Å². The Morgan fingerprint density at radius 1 is 0.926 bits per heavy atom. The van der Waals surface area contributed by atoms with Crippen molar-refractivity contribution >= 4 is 11.8 Å². The minimum absolute atomic E-state index is 0.0202. The van der Waals surface area contributed by atoms with E-state index in [1.165, 1.54) is 0 Å². The van der Waals surface area contributed by atoms with E-state index < -0.39 is 0 Å². The molecule has 1 aliphatic rings. The van der Waals surface area contributed by atoms with Crippen LogP contribution in [0.4, 0.5) is 0 Å². The fourth-order valence-corrected chi connectivity index (χ4v) is 2.93. The van der Waals surface area contributed by atoms with Gasteiger partial charge in [0.15, 0.2) is 11.5 Å². The van der Waals surface area contributed by atoms with E-state index in [0.29, 0.717) is 55.5 Å². The molecule has 1 N–H and O–H groups in total. The van der Waals surface area contributed by atoms with Gasteiger partial charge in [-0.1, -0.05) is 12.1 Å². The first-order valence-corrected chi connectivity index (χ1v) is 9.18. The Morgan fingerprint density at radius 2 is 1.56 bits per heavy atom. The monoisotopic (exact) mass is 368 g/mol. The standard InChI is InChI=1S/C21H24N2O4/c1-3-23(4-2)21(25)16-7-5-15(6-8-16)14-22-20(24)17-9-10-18-19(13-17)27-12-11-26-18/h5-10,13H,3-4,11-12,14H2,1-2H3,(H,22,24). The largest absolute Gasteiger partial charge is 0.486 e. The highest BCUT2D eigenvalue weighted by molar-refractivity contribution is 5.95. The quantitative estimate of drug-likeness (QED) is 0.851. The second-order valence-corrected chi connectivity index (χ2v) is 6.22. The fourth-order valence-electron chi connectivity index (χ4n) is 2.93. The van der Waals surface area contributed by atoms with Crippen molar-refractivity contribution in [1.82, 2.24) is 10.2 Å². The smallest absolute Gasteiger partial charge is 0.253 e. The van der Waals surface area contributed by atoms with E-state index in [0.717, 1.165) is 5.56 Å². The summed E-state index contributed by atoms with van der Waals surface area (Å²) in [5.74, 6) is 1.08. The summed E-state index contributed by atoms with van der Waals surface area (Å²) < 4.78 is 11.0. The van der Waals surface area contributed by atoms with Crippen LogP contribution < -0.4 is 14.8 Å². The minimum Gasteiger partial charge on any atom is -0.486 e. The molecule has 6 heteroatoms. The van der Waals surface area contributed by atoms with Crippen LogP contribution in [0, 0.1) is 0 Å². The summed E-state index contributed by atoms with van der Waals surface area (Å²) in [6.07, 6.45) is 0. The van der Waals surface area contributed by atoms with E-state index >= 15 is 0 Å². The Labute approximate surface area is 159 Å². The maximum absolute atomic E-state index is 12.4. The van der Waals surface area contributed by atoms with Crippen LogP contribution in [-0.4, -0.2) is 43.0 Å². The van der Waals surface area contributed by atoms with Gasteiger partial charge in [0.2, 0.25) is 0 Å². The lowest BCUT2D eigenvalue weighted by atomic mass is 10.1. The Bertz CT molecular complexity index is 813. The van der Waals surface area contributed by atoms with E-state index in [9.17, 15) is 9.59 Å². The third-order valence-electron chi connectivity index (χ3n) is 4.51. The molecule has 2 aromatic carbocycles. The number of rotatable bonds is 6. The molecule has 27 heavy (non-hydrogen) atoms. The number of amides is 2. The summed E-state index contributed by atoms with van der Waals surface area (Å²) >= 11 is 0. The number of hydrogen-bond acceptors (Lipinski definition) is 4. The molecule has 3 rings (SSSR count). The van der Waals surface area contributed by atoms with E-state index in [1.54, 1.807) is 35.2 Å². The molecule has 0 aliphatic carbocycles. The lowest BCUT2D eigenvalue weighted by molar-refractivity contribution is 0.0772. The zero-order valence-electron chi connectivity index (χ0n) is 15.7. The molecule has 6 nitrogen and oxygen atoms in total. The van der Waals surface area contributed by atoms with Crippen molar-refractivity contribution < 1.29 is 19.1 Å². The van der Waals surface area contributed by atoms with Crippen LogP contribution in [0.3, 0.4) is 0 Å². The molecule has 0 saturated heterocycles. The Kier molecular flexibility index (Phi) is 5.96. The number of benzene rings is 2. The molecule has 0 atom stereocenters. The minimum atomic E-state index is -0.185. The van der Waals surface area contributed by atoms with Crippen molar-refractivity contribution in [3.8, 4) is 11.5 Å². The molecule has 1 aliphatic heterocycles. The van der Waals surface area contributed by atoms with Crippen molar-refractivity contribution in [2.75, 3.05) is 26.3 Å². The highest BCUT2D eigenvalue weighted by atomic mass is 16.6. The van der Waals surface area contributed by atoms with Gasteiger partial charge in [-0.05, 0) is 49.7 Å². The summed E-state index contributed by atoms with van der Waals surface area (Å²) in [5, 5.41) is 2.89. The number of ether oxygens (including phenoxy) is 2. The molecule has 2 aromatic rings. The second kappa shape index (κ2) is 8.58. The number of fused-ring (bicyclic) bond motifs is 1. The Balaban J connectivity index is 1.60. The van der Waals surface area contributed by atoms with Crippen LogP contribution in [-0.2, 0) is 6.54 Å². The SMILES string of the molecule is CCN(CC)C(=O)c1ccc(CNC(=O)c2ccc3c(c2)OCCO3)cc1. The second-order valence-electron chi connectivity index (χ2n) is 6.22. The molecule has 0 saturated carbocycles. The van der Waals surface area contributed by atoms with Crippen molar-refractivity contribution in [2.24, 2.45) is 0 Å². The zero-order chi connectivity index (χ0) is 19.2. The highest BCUT2D eigenvalue weighted by Gasteiger charge is 2.15. The van der Waals surface area contributed by atoms with Crippen molar-refractivity contribution in [3.05, 3.63) is 59.2 Å². The molecule has 0 radical (unpaired) electrons. The predicted molar refractivity (Wildman–Crippen MR) is 102 cm³/mol. The summed E-state index contributed by atoms with van der Waals surface area (Å²) in [5.41, 5.74) is 2.10. The number of hydrogen-bond donors (Lipinski definition) is 1. The lowest BCUT2D eigenvalue weighted by Gasteiger charge is -2.19. The van der Waals surface area contributed by atoms with Crippen LogP contribution >= 0.6 is 0 Å². The molecule has 1 heterocycles. The Morgan fingerprint density at radius 3 is 2.22 bits per heavy atom. The molecular formula is C21H24N2O4. The van der Waals surface area contributed by atoms with Crippen LogP contribution in [0.15, 0.2) is 42.5 Å². The van der Waals surface area contributed by atoms with Gasteiger partial charge in [0, 0.05) is 30.8 Å². The maximum Gasteiger partial charge on any atom is 0.253 e. The molecule has 0 aromatic heterocycles. The Hall–Kier alpha value is -3.02. The lowest BCUT2D eigenvalue weighted by Crippen LogP contribution is -2.30. The predicted octanol–water partition coefficient (Wildman–Crippen LogP) is 2.87. The average molecular weight is 368 g/mol. The van der Waals surface area contributed by atoms with Crippen molar-refractivity contribution in [2.45, 2.75) is 20.4 Å². The molecule has 142 valence electrons. The van der Waals surface area contributed by atoms with Gasteiger partial charge >= 0.3 is 0 Å². The third kappa shape index (κ3) is 4.39. The number of nitrogens with zero attached hydrogens (tertiary/aromatic N) is 1. The summed E-state index contributed by atoms with van der Waals surface area (Å²) in [4.78, 5) is 26.5. The number of carbonyl (C=O) groups excluding carboxylic acids is 2. The van der Waals surface area contributed by atoms with Crippen molar-refractivity contribution in [1.29, 1.82) is 0 Å². The molecule has 0 spiro atoms. The van der Waals surface area contributed by atoms with Gasteiger partial charge in [-0.2, -0.15) is 0 Å². The van der Waals surface area contributed by atoms with Crippen molar-refractivity contribution in [3.63, 3.8) is 0 Å². The normalized spacial score (nSPS) is 12.4. The van der Waals surface area contributed by atoms with Gasteiger partial charge in [0.25, 0.3) is 11.8 Å². The third-order valence-corrected chi connectivity index (χ3v) is 4.51. The first-order valence-electron chi connectivity index (χ1n) is 9.18. The van der Waals surface area contributed by atoms with E-state index in [1.807, 2.05) is 26.0 Å². The maximum atomic E-state index is 12.4. The fraction of sp³-hybridized carbons (Fsp3) is 0.333. The zero-order valence-corrected chi connectivity index (χ0v) is 15.7. The van der Waals surface area contributed by atoms with Gasteiger partial charge in [0.1, 0.15) is 13.2 Å². The van der Waals surface area contributed by atoms with Gasteiger partial charge < -0.3 is 19.7 Å². The van der Waals surface area contributed by atoms with Gasteiger partial charge in [-0.25, -0.2) is 0 Å². The van der Waals surface area contributed by atoms with Gasteiger partial charge in [0.05, 0.1) is 0 Å². The summed E-state index contributed by atoms with van der Waals surface area (Å²) in [7, 11) is 0. The van der Waals surface area contributed by atoms with Crippen LogP contribution in [0.5, 0.6) is 11.5 Å². The summed E-state index contributed by atoms with van der Waals surface area (Å²) in [6, 6.07) is 12.5. The molecular weight excluding hydrogens is 344 g/mol. The highest BCUT2D eigenvalue weighted by Crippen LogP contribution is 2.30. The van der Waals surface area contributed by atoms with Gasteiger partial charge in [-0.15, -0.1) is 0 Å². The van der Waals surface area contributed by atoms with Crippen LogP contribution in [0.25, 0.3) is 0 Å². The van der Waals surface area contributed by atoms with Crippen LogP contribution in [0.1, 0.15) is 40.1 Å². The van der Waals surface area contributed by atoms with Gasteiger partial charge in [-0.3, -0.25) is 9.59 Å². The summed E-state index contributed by atoms with van der Waals surface area (Å²) in [6.45, 7) is 6.67. The molecule has 2 amide bonds. The average Bonchev–Trinajstić information content (AvgIpc) is 2.72. The number of carbonyl (C=O) groups is 2. The molecule has 0 bridgehead atoms. The topological polar surface area (TPSA) is 67.9 Å².